The third kappa shape index (κ3) is 5.78. The third-order valence-electron chi connectivity index (χ3n) is 5.47. The number of carbonyl (C=O) groups is 1. The van der Waals surface area contributed by atoms with Gasteiger partial charge in [-0.05, 0) is 36.5 Å². The topological polar surface area (TPSA) is 53.4 Å². The lowest BCUT2D eigenvalue weighted by atomic mass is 10.1. The van der Waals surface area contributed by atoms with Gasteiger partial charge in [-0.3, -0.25) is 0 Å². The van der Waals surface area contributed by atoms with Crippen LogP contribution >= 0.6 is 0 Å². The number of aromatic nitrogens is 2. The molecule has 2 aromatic rings. The van der Waals surface area contributed by atoms with Crippen LogP contribution in [0.15, 0.2) is 42.9 Å². The number of ether oxygens (including phenoxy) is 1. The summed E-state index contributed by atoms with van der Waals surface area (Å²) < 4.78 is 13.2. The zero-order valence-electron chi connectivity index (χ0n) is 17.4. The second kappa shape index (κ2) is 8.84. The van der Waals surface area contributed by atoms with Crippen LogP contribution in [-0.4, -0.2) is 37.6 Å². The highest BCUT2D eigenvalue weighted by atomic mass is 28.4. The molecule has 0 saturated heterocycles. The number of nitrogens with zero attached hydrogens (tertiary/aromatic N) is 2. The molecule has 0 amide bonds. The van der Waals surface area contributed by atoms with E-state index in [0.29, 0.717) is 12.3 Å². The highest BCUT2D eigenvalue weighted by molar-refractivity contribution is 6.74. The van der Waals surface area contributed by atoms with Gasteiger partial charge in [0.1, 0.15) is 0 Å². The molecule has 1 unspecified atom stereocenters. The molecule has 1 aromatic heterocycles. The Balaban J connectivity index is 2.15. The summed E-state index contributed by atoms with van der Waals surface area (Å²) in [5.41, 5.74) is 1.62. The van der Waals surface area contributed by atoms with Gasteiger partial charge in [-0.1, -0.05) is 51.1 Å². The molecule has 0 fully saturated rings. The molecule has 2 rings (SSSR count). The van der Waals surface area contributed by atoms with Crippen LogP contribution < -0.4 is 0 Å². The molecule has 0 aliphatic rings. The molecule has 1 heterocycles. The Hall–Kier alpha value is -1.92. The predicted molar refractivity (Wildman–Crippen MR) is 111 cm³/mol. The number of imidazole rings is 1. The minimum absolute atomic E-state index is 0.116. The fourth-order valence-corrected chi connectivity index (χ4v) is 3.61. The first-order valence-corrected chi connectivity index (χ1v) is 12.3. The molecule has 1 aromatic carbocycles. The quantitative estimate of drug-likeness (QED) is 0.478. The molecule has 0 aliphatic carbocycles. The Kier molecular flexibility index (Phi) is 7.00. The van der Waals surface area contributed by atoms with E-state index in [0.717, 1.165) is 12.8 Å². The van der Waals surface area contributed by atoms with Crippen LogP contribution in [0, 0.1) is 0 Å². The van der Waals surface area contributed by atoms with E-state index in [4.69, 9.17) is 9.16 Å². The summed E-state index contributed by atoms with van der Waals surface area (Å²) in [5.74, 6) is -0.416. The van der Waals surface area contributed by atoms with Gasteiger partial charge >= 0.3 is 5.97 Å². The van der Waals surface area contributed by atoms with Crippen molar-refractivity contribution in [2.24, 2.45) is 0 Å². The molecule has 148 valence electrons. The van der Waals surface area contributed by atoms with Crippen molar-refractivity contribution < 1.29 is 14.0 Å². The first kappa shape index (κ1) is 21.4. The normalized spacial score (nSPS) is 13.4. The number of hydrogen-bond donors (Lipinski definition) is 0. The van der Waals surface area contributed by atoms with Gasteiger partial charge in [0.15, 0.2) is 14.0 Å². The third-order valence-corrected chi connectivity index (χ3v) is 9.97. The van der Waals surface area contributed by atoms with Crippen molar-refractivity contribution in [2.75, 3.05) is 13.7 Å². The monoisotopic (exact) mass is 388 g/mol. The van der Waals surface area contributed by atoms with Crippen LogP contribution in [0.4, 0.5) is 0 Å². The Labute approximate surface area is 163 Å². The SMILES string of the molecule is COC(=O)c1cn(C(CCc2ccccc2)CO[Si](C)(C)C(C)(C)C)cn1. The number of esters is 1. The summed E-state index contributed by atoms with van der Waals surface area (Å²) in [6, 6.07) is 10.5. The van der Waals surface area contributed by atoms with Crippen LogP contribution in [0.5, 0.6) is 0 Å². The summed E-state index contributed by atoms with van der Waals surface area (Å²) in [6.07, 6.45) is 5.32. The summed E-state index contributed by atoms with van der Waals surface area (Å²) in [6.45, 7) is 11.9. The van der Waals surface area contributed by atoms with E-state index in [1.165, 1.54) is 12.7 Å². The fourth-order valence-electron chi connectivity index (χ4n) is 2.56. The number of rotatable bonds is 8. The molecular formula is C21H32N2O3Si. The molecule has 0 bridgehead atoms. The van der Waals surface area contributed by atoms with Crippen molar-refractivity contribution in [3.8, 4) is 0 Å². The second-order valence-electron chi connectivity index (χ2n) is 8.45. The molecule has 0 spiro atoms. The van der Waals surface area contributed by atoms with Gasteiger partial charge in [0.05, 0.1) is 26.1 Å². The average Bonchev–Trinajstić information content (AvgIpc) is 3.11. The largest absolute Gasteiger partial charge is 0.464 e. The molecule has 0 radical (unpaired) electrons. The number of hydrogen-bond acceptors (Lipinski definition) is 4. The highest BCUT2D eigenvalue weighted by Gasteiger charge is 2.37. The van der Waals surface area contributed by atoms with E-state index < -0.39 is 14.3 Å². The van der Waals surface area contributed by atoms with Crippen molar-refractivity contribution in [2.45, 2.75) is 57.8 Å². The molecule has 5 nitrogen and oxygen atoms in total. The smallest absolute Gasteiger partial charge is 0.358 e. The van der Waals surface area contributed by atoms with Crippen molar-refractivity contribution in [3.63, 3.8) is 0 Å². The number of benzene rings is 1. The van der Waals surface area contributed by atoms with E-state index >= 15 is 0 Å². The Bertz CT molecular complexity index is 735. The summed E-state index contributed by atoms with van der Waals surface area (Å²) >= 11 is 0. The van der Waals surface area contributed by atoms with Crippen LogP contribution in [0.3, 0.4) is 0 Å². The first-order valence-electron chi connectivity index (χ1n) is 9.44. The van der Waals surface area contributed by atoms with Gasteiger partial charge in [-0.2, -0.15) is 0 Å². The summed E-state index contributed by atoms with van der Waals surface area (Å²) in [4.78, 5) is 16.0. The van der Waals surface area contributed by atoms with Crippen molar-refractivity contribution in [1.29, 1.82) is 0 Å². The number of methoxy groups -OCH3 is 1. The summed E-state index contributed by atoms with van der Waals surface area (Å²) in [7, 11) is -0.486. The molecule has 0 N–H and O–H groups in total. The number of carbonyl (C=O) groups excluding carboxylic acids is 1. The maximum atomic E-state index is 11.8. The standard InChI is InChI=1S/C21H32N2O3Si/c1-21(2,3)27(5,6)26-15-18(13-12-17-10-8-7-9-11-17)23-14-19(22-16-23)20(24)25-4/h7-11,14,16,18H,12-13,15H2,1-6H3. The molecule has 6 heteroatoms. The Morgan fingerprint density at radius 2 is 1.89 bits per heavy atom. The number of aryl methyl sites for hydroxylation is 1. The molecule has 0 saturated carbocycles. The zero-order chi connectivity index (χ0) is 20.1. The zero-order valence-corrected chi connectivity index (χ0v) is 18.4. The van der Waals surface area contributed by atoms with Gasteiger partial charge in [0.2, 0.25) is 0 Å². The first-order chi connectivity index (χ1) is 12.6. The lowest BCUT2D eigenvalue weighted by molar-refractivity contribution is 0.0594. The fraction of sp³-hybridized carbons (Fsp3) is 0.524. The lowest BCUT2D eigenvalue weighted by Gasteiger charge is -2.37. The van der Waals surface area contributed by atoms with Crippen LogP contribution in [-0.2, 0) is 15.6 Å². The van der Waals surface area contributed by atoms with E-state index in [2.05, 4.69) is 63.1 Å². The van der Waals surface area contributed by atoms with Crippen molar-refractivity contribution in [1.82, 2.24) is 9.55 Å². The Morgan fingerprint density at radius 3 is 2.48 bits per heavy atom. The molecular weight excluding hydrogens is 356 g/mol. The summed E-state index contributed by atoms with van der Waals surface area (Å²) in [5, 5.41) is 0.156. The van der Waals surface area contributed by atoms with Gasteiger partial charge in [-0.15, -0.1) is 0 Å². The lowest BCUT2D eigenvalue weighted by Crippen LogP contribution is -2.42. The van der Waals surface area contributed by atoms with Crippen LogP contribution in [0.1, 0.15) is 49.3 Å². The minimum atomic E-state index is -1.86. The predicted octanol–water partition coefficient (Wildman–Crippen LogP) is 4.87. The second-order valence-corrected chi connectivity index (χ2v) is 13.3. The van der Waals surface area contributed by atoms with Gasteiger partial charge in [-0.25, -0.2) is 9.78 Å². The van der Waals surface area contributed by atoms with Gasteiger partial charge in [0.25, 0.3) is 0 Å². The van der Waals surface area contributed by atoms with E-state index in [1.54, 1.807) is 12.5 Å². The van der Waals surface area contributed by atoms with E-state index in [9.17, 15) is 4.79 Å². The molecule has 1 atom stereocenters. The molecule has 0 aliphatic heterocycles. The minimum Gasteiger partial charge on any atom is -0.464 e. The van der Waals surface area contributed by atoms with Crippen LogP contribution in [0.2, 0.25) is 18.1 Å². The maximum absolute atomic E-state index is 11.8. The average molecular weight is 389 g/mol. The van der Waals surface area contributed by atoms with Gasteiger partial charge in [0, 0.05) is 6.20 Å². The Morgan fingerprint density at radius 1 is 1.22 bits per heavy atom. The molecule has 27 heavy (non-hydrogen) atoms. The maximum Gasteiger partial charge on any atom is 0.358 e. The van der Waals surface area contributed by atoms with Crippen molar-refractivity contribution >= 4 is 14.3 Å². The highest BCUT2D eigenvalue weighted by Crippen LogP contribution is 2.37. The van der Waals surface area contributed by atoms with Crippen LogP contribution in [0.25, 0.3) is 0 Å². The van der Waals surface area contributed by atoms with Crippen molar-refractivity contribution in [3.05, 3.63) is 54.1 Å². The van der Waals surface area contributed by atoms with E-state index in [-0.39, 0.29) is 11.1 Å². The van der Waals surface area contributed by atoms with E-state index in [1.807, 2.05) is 10.6 Å². The van der Waals surface area contributed by atoms with Gasteiger partial charge < -0.3 is 13.7 Å².